The van der Waals surface area contributed by atoms with Crippen LogP contribution in [0.4, 0.5) is 13.2 Å². The van der Waals surface area contributed by atoms with Gasteiger partial charge in [-0.05, 0) is 12.8 Å². The highest BCUT2D eigenvalue weighted by molar-refractivity contribution is 5.77. The summed E-state index contributed by atoms with van der Waals surface area (Å²) in [7, 11) is 0. The van der Waals surface area contributed by atoms with E-state index in [-0.39, 0.29) is 0 Å². The highest BCUT2D eigenvalue weighted by atomic mass is 19.4. The van der Waals surface area contributed by atoms with E-state index < -0.39 is 24.0 Å². The minimum Gasteiger partial charge on any atom is -0.338 e. The normalized spacial score (nSPS) is 20.3. The Morgan fingerprint density at radius 2 is 1.67 bits per heavy atom. The number of carbonyl (C=O) groups excluding carboxylic acids is 1. The smallest absolute Gasteiger partial charge is 0.338 e. The van der Waals surface area contributed by atoms with Crippen molar-refractivity contribution < 1.29 is 18.0 Å². The molecule has 0 atom stereocenters. The Morgan fingerprint density at radius 3 is 2.11 bits per heavy atom. The summed E-state index contributed by atoms with van der Waals surface area (Å²) in [4.78, 5) is 11.3. The van der Waals surface area contributed by atoms with Gasteiger partial charge in [0.05, 0.1) is 6.07 Å². The number of alkyl halides is 3. The van der Waals surface area contributed by atoms with Gasteiger partial charge < -0.3 is 5.32 Å². The second kappa shape index (κ2) is 6.07. The molecule has 0 bridgehead atoms. The second-order valence-electron chi connectivity index (χ2n) is 4.80. The average Bonchev–Trinajstić information content (AvgIpc) is 2.19. The molecule has 1 aliphatic carbocycles. The molecular formula is C12H17F3N2O. The Labute approximate surface area is 104 Å². The van der Waals surface area contributed by atoms with E-state index in [1.54, 1.807) is 0 Å². The number of rotatable bonds is 2. The maximum Gasteiger partial charge on any atom is 0.397 e. The van der Waals surface area contributed by atoms with E-state index in [1.165, 1.54) is 0 Å². The molecule has 102 valence electrons. The first-order chi connectivity index (χ1) is 8.37. The minimum atomic E-state index is -4.53. The third kappa shape index (κ3) is 4.94. The van der Waals surface area contributed by atoms with Crippen LogP contribution in [0.5, 0.6) is 0 Å². The number of nitrogens with zero attached hydrogens (tertiary/aromatic N) is 1. The predicted octanol–water partition coefficient (Wildman–Crippen LogP) is 3.06. The van der Waals surface area contributed by atoms with Crippen molar-refractivity contribution in [3.05, 3.63) is 0 Å². The number of hydrogen-bond donors (Lipinski definition) is 1. The van der Waals surface area contributed by atoms with Gasteiger partial charge in [0.2, 0.25) is 5.91 Å². The molecule has 1 rings (SSSR count). The van der Waals surface area contributed by atoms with Gasteiger partial charge in [0.15, 0.2) is 0 Å². The fourth-order valence-corrected chi connectivity index (χ4v) is 2.27. The van der Waals surface area contributed by atoms with Gasteiger partial charge in [0.25, 0.3) is 0 Å². The molecule has 1 amide bonds. The molecule has 0 radical (unpaired) electrons. The quantitative estimate of drug-likeness (QED) is 0.831. The summed E-state index contributed by atoms with van der Waals surface area (Å²) in [5, 5.41) is 11.4. The van der Waals surface area contributed by atoms with E-state index in [0.717, 1.165) is 32.1 Å². The fraction of sp³-hybridized carbons (Fsp3) is 0.833. The first-order valence-corrected chi connectivity index (χ1v) is 6.16. The van der Waals surface area contributed by atoms with Crippen molar-refractivity contribution in [2.45, 2.75) is 63.1 Å². The molecule has 1 N–H and O–H groups in total. The first-order valence-electron chi connectivity index (χ1n) is 6.16. The van der Waals surface area contributed by atoms with Crippen molar-refractivity contribution in [2.75, 3.05) is 0 Å². The molecule has 1 saturated carbocycles. The second-order valence-corrected chi connectivity index (χ2v) is 4.80. The molecule has 1 fully saturated rings. The predicted molar refractivity (Wildman–Crippen MR) is 59.5 cm³/mol. The summed E-state index contributed by atoms with van der Waals surface area (Å²) in [6.07, 6.45) is -0.645. The van der Waals surface area contributed by atoms with Gasteiger partial charge in [-0.3, -0.25) is 4.79 Å². The lowest BCUT2D eigenvalue weighted by molar-refractivity contribution is -0.154. The molecule has 1 aliphatic rings. The van der Waals surface area contributed by atoms with Gasteiger partial charge in [0, 0.05) is 0 Å². The standard InChI is InChI=1S/C12H17F3N2O/c13-12(14,15)8-10(18)17-11(9-16)6-4-2-1-3-5-7-11/h1-8H2,(H,17,18). The molecule has 18 heavy (non-hydrogen) atoms. The zero-order chi connectivity index (χ0) is 13.6. The molecule has 0 aromatic carbocycles. The van der Waals surface area contributed by atoms with E-state index in [9.17, 15) is 18.0 Å². The van der Waals surface area contributed by atoms with E-state index >= 15 is 0 Å². The molecule has 0 spiro atoms. The zero-order valence-electron chi connectivity index (χ0n) is 10.1. The van der Waals surface area contributed by atoms with Gasteiger partial charge in [-0.2, -0.15) is 18.4 Å². The summed E-state index contributed by atoms with van der Waals surface area (Å²) in [5.41, 5.74) is -1.11. The Morgan fingerprint density at radius 1 is 1.17 bits per heavy atom. The highest BCUT2D eigenvalue weighted by Gasteiger charge is 2.37. The van der Waals surface area contributed by atoms with E-state index in [2.05, 4.69) is 5.32 Å². The number of amides is 1. The van der Waals surface area contributed by atoms with Gasteiger partial charge >= 0.3 is 6.18 Å². The van der Waals surface area contributed by atoms with Crippen LogP contribution in [0, 0.1) is 11.3 Å². The van der Waals surface area contributed by atoms with Crippen LogP contribution in [-0.4, -0.2) is 17.6 Å². The van der Waals surface area contributed by atoms with Gasteiger partial charge in [-0.1, -0.05) is 32.1 Å². The summed E-state index contributed by atoms with van der Waals surface area (Å²) in [5.74, 6) is -1.11. The largest absolute Gasteiger partial charge is 0.397 e. The SMILES string of the molecule is N#CC1(NC(=O)CC(F)(F)F)CCCCCCC1. The molecular weight excluding hydrogens is 245 g/mol. The summed E-state index contributed by atoms with van der Waals surface area (Å²) in [6, 6.07) is 2.00. The third-order valence-electron chi connectivity index (χ3n) is 3.16. The Hall–Kier alpha value is -1.25. The van der Waals surface area contributed by atoms with Crippen LogP contribution < -0.4 is 5.32 Å². The van der Waals surface area contributed by atoms with Crippen molar-refractivity contribution >= 4 is 5.91 Å². The molecule has 0 aliphatic heterocycles. The summed E-state index contributed by atoms with van der Waals surface area (Å²) >= 11 is 0. The van der Waals surface area contributed by atoms with Gasteiger partial charge in [-0.25, -0.2) is 0 Å². The average molecular weight is 262 g/mol. The highest BCUT2D eigenvalue weighted by Crippen LogP contribution is 2.27. The minimum absolute atomic E-state index is 0.438. The van der Waals surface area contributed by atoms with Crippen LogP contribution >= 0.6 is 0 Å². The van der Waals surface area contributed by atoms with Crippen LogP contribution in [-0.2, 0) is 4.79 Å². The van der Waals surface area contributed by atoms with Crippen molar-refractivity contribution in [3.8, 4) is 6.07 Å². The first kappa shape index (κ1) is 14.8. The Bertz CT molecular complexity index is 325. The molecule has 0 aromatic rings. The van der Waals surface area contributed by atoms with Crippen molar-refractivity contribution in [1.82, 2.24) is 5.32 Å². The maximum absolute atomic E-state index is 12.1. The molecule has 3 nitrogen and oxygen atoms in total. The van der Waals surface area contributed by atoms with Crippen LogP contribution in [0.1, 0.15) is 51.4 Å². The lowest BCUT2D eigenvalue weighted by atomic mass is 9.85. The number of nitriles is 1. The van der Waals surface area contributed by atoms with Crippen LogP contribution in [0.25, 0.3) is 0 Å². The number of nitrogens with one attached hydrogen (secondary N) is 1. The Balaban J connectivity index is 2.63. The summed E-state index contributed by atoms with van der Waals surface area (Å²) < 4.78 is 36.3. The van der Waals surface area contributed by atoms with Crippen LogP contribution in [0.2, 0.25) is 0 Å². The molecule has 0 heterocycles. The molecule has 6 heteroatoms. The Kier molecular flexibility index (Phi) is 5.00. The van der Waals surface area contributed by atoms with E-state index in [1.807, 2.05) is 6.07 Å². The lowest BCUT2D eigenvalue weighted by Gasteiger charge is -2.29. The topological polar surface area (TPSA) is 52.9 Å². The molecule has 0 saturated heterocycles. The van der Waals surface area contributed by atoms with E-state index in [0.29, 0.717) is 12.8 Å². The monoisotopic (exact) mass is 262 g/mol. The maximum atomic E-state index is 12.1. The van der Waals surface area contributed by atoms with Crippen LogP contribution in [0.3, 0.4) is 0 Å². The molecule has 0 aromatic heterocycles. The third-order valence-corrected chi connectivity index (χ3v) is 3.16. The number of halogens is 3. The zero-order valence-corrected chi connectivity index (χ0v) is 10.1. The fourth-order valence-electron chi connectivity index (χ4n) is 2.27. The number of hydrogen-bond acceptors (Lipinski definition) is 2. The van der Waals surface area contributed by atoms with Gasteiger partial charge in [0.1, 0.15) is 12.0 Å². The van der Waals surface area contributed by atoms with E-state index in [4.69, 9.17) is 5.26 Å². The van der Waals surface area contributed by atoms with Crippen LogP contribution in [0.15, 0.2) is 0 Å². The van der Waals surface area contributed by atoms with Crippen molar-refractivity contribution in [2.24, 2.45) is 0 Å². The number of carbonyl (C=O) groups is 1. The van der Waals surface area contributed by atoms with Crippen molar-refractivity contribution in [3.63, 3.8) is 0 Å². The molecule has 0 unspecified atom stereocenters. The summed E-state index contributed by atoms with van der Waals surface area (Å²) in [6.45, 7) is 0. The van der Waals surface area contributed by atoms with Crippen molar-refractivity contribution in [1.29, 1.82) is 5.26 Å². The lowest BCUT2D eigenvalue weighted by Crippen LogP contribution is -2.48. The van der Waals surface area contributed by atoms with Gasteiger partial charge in [-0.15, -0.1) is 0 Å².